The molecular weight excluding hydrogens is 266 g/mol. The maximum absolute atomic E-state index is 12.1. The van der Waals surface area contributed by atoms with Crippen LogP contribution in [-0.4, -0.2) is 25.1 Å². The second-order valence-corrected chi connectivity index (χ2v) is 4.88. The molecule has 0 saturated carbocycles. The molecule has 1 aromatic carbocycles. The largest absolute Gasteiger partial charge is 0.435 e. The number of rotatable bonds is 4. The van der Waals surface area contributed by atoms with Gasteiger partial charge in [0.25, 0.3) is 0 Å². The predicted octanol–water partition coefficient (Wildman–Crippen LogP) is 2.61. The van der Waals surface area contributed by atoms with E-state index < -0.39 is 6.61 Å². The van der Waals surface area contributed by atoms with Gasteiger partial charge in [-0.15, -0.1) is 0 Å². The van der Waals surface area contributed by atoms with E-state index in [1.165, 1.54) is 12.1 Å². The molecule has 0 aliphatic carbocycles. The number of benzene rings is 1. The third kappa shape index (κ3) is 3.90. The van der Waals surface area contributed by atoms with E-state index in [2.05, 4.69) is 15.4 Å². The van der Waals surface area contributed by atoms with Gasteiger partial charge in [-0.2, -0.15) is 8.78 Å². The van der Waals surface area contributed by atoms with Gasteiger partial charge in [-0.3, -0.25) is 4.79 Å². The first kappa shape index (κ1) is 14.7. The summed E-state index contributed by atoms with van der Waals surface area (Å²) in [4.78, 5) is 12.1. The number of nitrogens with one attached hydrogen (secondary N) is 2. The fourth-order valence-electron chi connectivity index (χ4n) is 2.36. The average molecular weight is 284 g/mol. The monoisotopic (exact) mass is 284 g/mol. The van der Waals surface area contributed by atoms with Crippen LogP contribution in [-0.2, 0) is 4.79 Å². The molecule has 0 aromatic heterocycles. The molecule has 0 radical (unpaired) electrons. The van der Waals surface area contributed by atoms with Crippen LogP contribution in [0, 0.1) is 5.92 Å². The molecule has 2 unspecified atom stereocenters. The predicted molar refractivity (Wildman–Crippen MR) is 71.9 cm³/mol. The Kier molecular flexibility index (Phi) is 4.89. The lowest BCUT2D eigenvalue weighted by atomic mass is 9.91. The number of ether oxygens (including phenoxy) is 1. The Labute approximate surface area is 116 Å². The maximum Gasteiger partial charge on any atom is 0.387 e. The lowest BCUT2D eigenvalue weighted by molar-refractivity contribution is -0.121. The number of piperidine rings is 1. The van der Waals surface area contributed by atoms with Crippen LogP contribution in [0.5, 0.6) is 5.75 Å². The van der Waals surface area contributed by atoms with Crippen molar-refractivity contribution in [2.45, 2.75) is 32.4 Å². The van der Waals surface area contributed by atoms with E-state index >= 15 is 0 Å². The van der Waals surface area contributed by atoms with E-state index in [0.29, 0.717) is 5.69 Å². The Hall–Kier alpha value is -1.69. The quantitative estimate of drug-likeness (QED) is 0.893. The molecule has 1 aliphatic rings. The number of halogens is 2. The number of hydrogen-bond acceptors (Lipinski definition) is 3. The third-order valence-corrected chi connectivity index (χ3v) is 3.45. The van der Waals surface area contributed by atoms with Gasteiger partial charge < -0.3 is 15.4 Å². The number of hydrogen-bond donors (Lipinski definition) is 2. The number of carbonyl (C=O) groups is 1. The van der Waals surface area contributed by atoms with Gasteiger partial charge >= 0.3 is 6.61 Å². The highest BCUT2D eigenvalue weighted by Crippen LogP contribution is 2.21. The van der Waals surface area contributed by atoms with E-state index in [9.17, 15) is 13.6 Å². The summed E-state index contributed by atoms with van der Waals surface area (Å²) in [5, 5.41) is 6.07. The highest BCUT2D eigenvalue weighted by molar-refractivity contribution is 5.93. The van der Waals surface area contributed by atoms with Gasteiger partial charge in [0.05, 0.1) is 5.92 Å². The lowest BCUT2D eigenvalue weighted by Crippen LogP contribution is -2.44. The zero-order chi connectivity index (χ0) is 14.5. The van der Waals surface area contributed by atoms with Crippen molar-refractivity contribution >= 4 is 11.6 Å². The van der Waals surface area contributed by atoms with Gasteiger partial charge in [0.2, 0.25) is 5.91 Å². The number of alkyl halides is 2. The van der Waals surface area contributed by atoms with Gasteiger partial charge in [0, 0.05) is 11.7 Å². The summed E-state index contributed by atoms with van der Waals surface area (Å²) >= 11 is 0. The van der Waals surface area contributed by atoms with Crippen LogP contribution in [0.1, 0.15) is 19.8 Å². The van der Waals surface area contributed by atoms with Gasteiger partial charge in [0.1, 0.15) is 5.75 Å². The summed E-state index contributed by atoms with van der Waals surface area (Å²) < 4.78 is 28.3. The molecular formula is C14H18F2N2O2. The molecule has 2 atom stereocenters. The maximum atomic E-state index is 12.1. The van der Waals surface area contributed by atoms with Crippen molar-refractivity contribution in [1.29, 1.82) is 0 Å². The summed E-state index contributed by atoms with van der Waals surface area (Å²) in [6.45, 7) is 0.0812. The first-order valence-electron chi connectivity index (χ1n) is 6.65. The van der Waals surface area contributed by atoms with Crippen molar-refractivity contribution in [3.63, 3.8) is 0 Å². The minimum atomic E-state index is -2.84. The molecule has 2 rings (SSSR count). The standard InChI is InChI=1S/C14H18F2N2O2/c1-9-12(3-2-8-17-9)13(19)18-10-4-6-11(7-5-10)20-14(15)16/h4-7,9,12,14,17H,2-3,8H2,1H3,(H,18,19). The molecule has 20 heavy (non-hydrogen) atoms. The third-order valence-electron chi connectivity index (χ3n) is 3.45. The minimum absolute atomic E-state index is 0.0489. The highest BCUT2D eigenvalue weighted by Gasteiger charge is 2.27. The van der Waals surface area contributed by atoms with Gasteiger partial charge in [0.15, 0.2) is 0 Å². The lowest BCUT2D eigenvalue weighted by Gasteiger charge is -2.28. The van der Waals surface area contributed by atoms with E-state index in [0.717, 1.165) is 19.4 Å². The van der Waals surface area contributed by atoms with Crippen molar-refractivity contribution in [2.24, 2.45) is 5.92 Å². The Morgan fingerprint density at radius 1 is 1.40 bits per heavy atom. The van der Waals surface area contributed by atoms with Crippen molar-refractivity contribution in [1.82, 2.24) is 5.32 Å². The van der Waals surface area contributed by atoms with Crippen LogP contribution in [0.15, 0.2) is 24.3 Å². The molecule has 1 aromatic rings. The normalized spacial score (nSPS) is 22.6. The molecule has 1 aliphatic heterocycles. The molecule has 110 valence electrons. The fourth-order valence-corrected chi connectivity index (χ4v) is 2.36. The smallest absolute Gasteiger partial charge is 0.387 e. The van der Waals surface area contributed by atoms with Crippen molar-refractivity contribution < 1.29 is 18.3 Å². The first-order chi connectivity index (χ1) is 9.56. The topological polar surface area (TPSA) is 50.4 Å². The number of carbonyl (C=O) groups excluding carboxylic acids is 1. The van der Waals surface area contributed by atoms with Crippen LogP contribution in [0.2, 0.25) is 0 Å². The second kappa shape index (κ2) is 6.65. The summed E-state index contributed by atoms with van der Waals surface area (Å²) in [6, 6.07) is 6.06. The van der Waals surface area contributed by atoms with E-state index in [4.69, 9.17) is 0 Å². The zero-order valence-electron chi connectivity index (χ0n) is 11.2. The van der Waals surface area contributed by atoms with Gasteiger partial charge in [-0.05, 0) is 50.6 Å². The SMILES string of the molecule is CC1NCCCC1C(=O)Nc1ccc(OC(F)F)cc1. The molecule has 0 spiro atoms. The average Bonchev–Trinajstić information content (AvgIpc) is 2.41. The molecule has 1 saturated heterocycles. The summed E-state index contributed by atoms with van der Waals surface area (Å²) in [5.74, 6) is -0.0429. The molecule has 2 N–H and O–H groups in total. The minimum Gasteiger partial charge on any atom is -0.435 e. The number of amides is 1. The van der Waals surface area contributed by atoms with Crippen molar-refractivity contribution in [2.75, 3.05) is 11.9 Å². The van der Waals surface area contributed by atoms with E-state index in [1.54, 1.807) is 12.1 Å². The molecule has 1 amide bonds. The molecule has 1 fully saturated rings. The van der Waals surface area contributed by atoms with Crippen LogP contribution in [0.25, 0.3) is 0 Å². The Bertz CT molecular complexity index is 451. The van der Waals surface area contributed by atoms with Gasteiger partial charge in [-0.25, -0.2) is 0 Å². The van der Waals surface area contributed by atoms with Crippen molar-refractivity contribution in [3.8, 4) is 5.75 Å². The Morgan fingerprint density at radius 3 is 2.70 bits per heavy atom. The van der Waals surface area contributed by atoms with Crippen LogP contribution in [0.3, 0.4) is 0 Å². The van der Waals surface area contributed by atoms with Crippen molar-refractivity contribution in [3.05, 3.63) is 24.3 Å². The molecule has 6 heteroatoms. The summed E-state index contributed by atoms with van der Waals surface area (Å²) in [6.07, 6.45) is 1.83. The number of anilines is 1. The Balaban J connectivity index is 1.93. The first-order valence-corrected chi connectivity index (χ1v) is 6.65. The molecule has 0 bridgehead atoms. The fraction of sp³-hybridized carbons (Fsp3) is 0.500. The van der Waals surface area contributed by atoms with E-state index in [1.807, 2.05) is 6.92 Å². The van der Waals surface area contributed by atoms with Crippen LogP contribution in [0.4, 0.5) is 14.5 Å². The molecule has 1 heterocycles. The molecule has 4 nitrogen and oxygen atoms in total. The summed E-state index contributed by atoms with van der Waals surface area (Å²) in [5.41, 5.74) is 0.578. The highest BCUT2D eigenvalue weighted by atomic mass is 19.3. The van der Waals surface area contributed by atoms with Crippen LogP contribution >= 0.6 is 0 Å². The zero-order valence-corrected chi connectivity index (χ0v) is 11.2. The van der Waals surface area contributed by atoms with E-state index in [-0.39, 0.29) is 23.6 Å². The van der Waals surface area contributed by atoms with Gasteiger partial charge in [-0.1, -0.05) is 0 Å². The Morgan fingerprint density at radius 2 is 2.10 bits per heavy atom. The second-order valence-electron chi connectivity index (χ2n) is 4.88. The van der Waals surface area contributed by atoms with Crippen LogP contribution < -0.4 is 15.4 Å². The summed E-state index contributed by atoms with van der Waals surface area (Å²) in [7, 11) is 0.